The molecule has 0 bridgehead atoms. The van der Waals surface area contributed by atoms with Crippen molar-refractivity contribution >= 4 is 39.3 Å². The first-order chi connectivity index (χ1) is 12.0. The number of aromatic nitrogens is 3. The van der Waals surface area contributed by atoms with Crippen LogP contribution in [-0.4, -0.2) is 26.6 Å². The molecule has 2 amide bonds. The van der Waals surface area contributed by atoms with E-state index in [2.05, 4.69) is 37.0 Å². The van der Waals surface area contributed by atoms with E-state index in [1.807, 2.05) is 0 Å². The number of nitrogens with zero attached hydrogens (tertiary/aromatic N) is 2. The molecular formula is C16H13BrClN5O2. The zero-order chi connectivity index (χ0) is 18.0. The van der Waals surface area contributed by atoms with Crippen molar-refractivity contribution in [3.8, 4) is 11.3 Å². The van der Waals surface area contributed by atoms with Crippen LogP contribution in [0.3, 0.4) is 0 Å². The minimum atomic E-state index is -0.486. The maximum Gasteiger partial charge on any atom is 0.286 e. The van der Waals surface area contributed by atoms with Gasteiger partial charge in [0.15, 0.2) is 0 Å². The number of amides is 2. The van der Waals surface area contributed by atoms with E-state index in [0.717, 1.165) is 10.0 Å². The lowest BCUT2D eigenvalue weighted by molar-refractivity contribution is 0.0842. The Morgan fingerprint density at radius 2 is 1.88 bits per heavy atom. The first-order valence-corrected chi connectivity index (χ1v) is 8.34. The second-order valence-electron chi connectivity index (χ2n) is 5.23. The number of benzene rings is 1. The topological polar surface area (TPSA) is 91.8 Å². The van der Waals surface area contributed by atoms with Gasteiger partial charge in [-0.3, -0.25) is 25.5 Å². The Morgan fingerprint density at radius 1 is 1.20 bits per heavy atom. The predicted molar refractivity (Wildman–Crippen MR) is 97.1 cm³/mol. The maximum absolute atomic E-state index is 12.4. The predicted octanol–water partition coefficient (Wildman–Crippen LogP) is 2.91. The van der Waals surface area contributed by atoms with Crippen molar-refractivity contribution < 1.29 is 9.59 Å². The van der Waals surface area contributed by atoms with E-state index >= 15 is 0 Å². The van der Waals surface area contributed by atoms with Gasteiger partial charge in [0.05, 0.1) is 17.5 Å². The highest BCUT2D eigenvalue weighted by Crippen LogP contribution is 2.22. The number of H-pyrrole nitrogens is 1. The first-order valence-electron chi connectivity index (χ1n) is 7.17. The van der Waals surface area contributed by atoms with Crippen LogP contribution in [0.15, 0.2) is 47.2 Å². The molecule has 3 aromatic rings. The SMILES string of the molecule is Cn1cc(Br)cc1C(=O)NNC(=O)c1cn[nH]c1-c1ccc(Cl)cc1. The molecule has 0 spiro atoms. The third kappa shape index (κ3) is 3.75. The minimum Gasteiger partial charge on any atom is -0.345 e. The third-order valence-corrected chi connectivity index (χ3v) is 4.20. The number of carbonyl (C=O) groups excluding carboxylic acids is 2. The number of aromatic amines is 1. The fraction of sp³-hybridized carbons (Fsp3) is 0.0625. The summed E-state index contributed by atoms with van der Waals surface area (Å²) >= 11 is 9.17. The molecule has 0 aliphatic rings. The van der Waals surface area contributed by atoms with Crippen LogP contribution in [-0.2, 0) is 7.05 Å². The van der Waals surface area contributed by atoms with Crippen LogP contribution in [0.5, 0.6) is 0 Å². The lowest BCUT2D eigenvalue weighted by Gasteiger charge is -2.08. The van der Waals surface area contributed by atoms with Crippen molar-refractivity contribution in [1.29, 1.82) is 0 Å². The molecule has 0 fully saturated rings. The maximum atomic E-state index is 12.4. The van der Waals surface area contributed by atoms with Gasteiger partial charge in [0, 0.05) is 28.3 Å². The van der Waals surface area contributed by atoms with Crippen LogP contribution in [0.4, 0.5) is 0 Å². The largest absolute Gasteiger partial charge is 0.345 e. The van der Waals surface area contributed by atoms with Crippen LogP contribution in [0.1, 0.15) is 20.8 Å². The van der Waals surface area contributed by atoms with Gasteiger partial charge >= 0.3 is 0 Å². The highest BCUT2D eigenvalue weighted by atomic mass is 79.9. The van der Waals surface area contributed by atoms with Gasteiger partial charge in [-0.15, -0.1) is 0 Å². The molecule has 0 aliphatic carbocycles. The first kappa shape index (κ1) is 17.2. The monoisotopic (exact) mass is 421 g/mol. The van der Waals surface area contributed by atoms with Gasteiger partial charge in [0.1, 0.15) is 5.69 Å². The van der Waals surface area contributed by atoms with Crippen molar-refractivity contribution in [1.82, 2.24) is 25.6 Å². The van der Waals surface area contributed by atoms with Crippen molar-refractivity contribution in [3.05, 3.63) is 63.5 Å². The molecule has 128 valence electrons. The van der Waals surface area contributed by atoms with E-state index in [1.165, 1.54) is 6.20 Å². The lowest BCUT2D eigenvalue weighted by Crippen LogP contribution is -2.42. The van der Waals surface area contributed by atoms with E-state index in [-0.39, 0.29) is 0 Å². The summed E-state index contributed by atoms with van der Waals surface area (Å²) in [4.78, 5) is 24.5. The second-order valence-corrected chi connectivity index (χ2v) is 6.58. The number of nitrogens with one attached hydrogen (secondary N) is 3. The van der Waals surface area contributed by atoms with E-state index < -0.39 is 11.8 Å². The van der Waals surface area contributed by atoms with E-state index in [9.17, 15) is 9.59 Å². The van der Waals surface area contributed by atoms with Crippen molar-refractivity contribution in [3.63, 3.8) is 0 Å². The smallest absolute Gasteiger partial charge is 0.286 e. The molecule has 3 rings (SSSR count). The Morgan fingerprint density at radius 3 is 2.52 bits per heavy atom. The molecule has 0 unspecified atom stereocenters. The molecule has 0 radical (unpaired) electrons. The molecule has 2 heterocycles. The average molecular weight is 423 g/mol. The van der Waals surface area contributed by atoms with Gasteiger partial charge in [0.25, 0.3) is 11.8 Å². The van der Waals surface area contributed by atoms with Gasteiger partial charge in [0.2, 0.25) is 0 Å². The molecule has 3 N–H and O–H groups in total. The van der Waals surface area contributed by atoms with E-state index in [1.54, 1.807) is 48.1 Å². The molecule has 0 aliphatic heterocycles. The highest BCUT2D eigenvalue weighted by molar-refractivity contribution is 9.10. The molecule has 2 aromatic heterocycles. The number of halogens is 2. The summed E-state index contributed by atoms with van der Waals surface area (Å²) in [5, 5.41) is 7.27. The van der Waals surface area contributed by atoms with Crippen LogP contribution in [0.25, 0.3) is 11.3 Å². The van der Waals surface area contributed by atoms with Gasteiger partial charge in [-0.05, 0) is 34.1 Å². The van der Waals surface area contributed by atoms with Gasteiger partial charge < -0.3 is 4.57 Å². The minimum absolute atomic E-state index is 0.302. The summed E-state index contributed by atoms with van der Waals surface area (Å²) in [6.45, 7) is 0. The quantitative estimate of drug-likeness (QED) is 0.567. The van der Waals surface area contributed by atoms with Gasteiger partial charge in [-0.25, -0.2) is 0 Å². The van der Waals surface area contributed by atoms with Crippen LogP contribution in [0.2, 0.25) is 5.02 Å². The number of hydrazine groups is 1. The van der Waals surface area contributed by atoms with Crippen LogP contribution < -0.4 is 10.9 Å². The number of hydrogen-bond donors (Lipinski definition) is 3. The number of hydrogen-bond acceptors (Lipinski definition) is 3. The average Bonchev–Trinajstić information content (AvgIpc) is 3.19. The Hall–Kier alpha value is -2.58. The molecule has 0 saturated carbocycles. The van der Waals surface area contributed by atoms with Crippen molar-refractivity contribution in [2.24, 2.45) is 7.05 Å². The molecule has 25 heavy (non-hydrogen) atoms. The summed E-state index contributed by atoms with van der Waals surface area (Å²) in [6.07, 6.45) is 3.13. The number of rotatable bonds is 3. The van der Waals surface area contributed by atoms with Crippen LogP contribution >= 0.6 is 27.5 Å². The second kappa shape index (κ2) is 7.12. The highest BCUT2D eigenvalue weighted by Gasteiger charge is 2.17. The summed E-state index contributed by atoms with van der Waals surface area (Å²) in [5.41, 5.74) is 6.76. The van der Waals surface area contributed by atoms with Crippen molar-refractivity contribution in [2.45, 2.75) is 0 Å². The fourth-order valence-electron chi connectivity index (χ4n) is 2.29. The molecule has 9 heteroatoms. The molecule has 0 atom stereocenters. The number of carbonyl (C=O) groups is 2. The molecular weight excluding hydrogens is 410 g/mol. The Kier molecular flexibility index (Phi) is 4.91. The summed E-state index contributed by atoms with van der Waals surface area (Å²) < 4.78 is 2.41. The van der Waals surface area contributed by atoms with Crippen LogP contribution in [0, 0.1) is 0 Å². The molecule has 1 aromatic carbocycles. The van der Waals surface area contributed by atoms with Crippen molar-refractivity contribution in [2.75, 3.05) is 0 Å². The Labute approximate surface area is 156 Å². The molecule has 0 saturated heterocycles. The Bertz CT molecular complexity index is 932. The zero-order valence-corrected chi connectivity index (χ0v) is 15.4. The normalized spacial score (nSPS) is 10.5. The lowest BCUT2D eigenvalue weighted by atomic mass is 10.1. The van der Waals surface area contributed by atoms with E-state index in [4.69, 9.17) is 11.6 Å². The fourth-order valence-corrected chi connectivity index (χ4v) is 2.94. The Balaban J connectivity index is 1.72. The molecule has 7 nitrogen and oxygen atoms in total. The summed E-state index contributed by atoms with van der Waals surface area (Å²) in [6, 6.07) is 8.63. The standard InChI is InChI=1S/C16H13BrClN5O2/c1-23-8-10(17)6-13(23)16(25)22-21-15(24)12-7-19-20-14(12)9-2-4-11(18)5-3-9/h2-8H,1H3,(H,19,20)(H,21,24)(H,22,25). The van der Waals surface area contributed by atoms with Gasteiger partial charge in [-0.1, -0.05) is 23.7 Å². The van der Waals surface area contributed by atoms with Gasteiger partial charge in [-0.2, -0.15) is 5.10 Å². The zero-order valence-electron chi connectivity index (χ0n) is 13.0. The van der Waals surface area contributed by atoms with E-state index in [0.29, 0.717) is 22.0 Å². The third-order valence-electron chi connectivity index (χ3n) is 3.51. The summed E-state index contributed by atoms with van der Waals surface area (Å²) in [7, 11) is 1.73. The number of aryl methyl sites for hydroxylation is 1. The summed E-state index contributed by atoms with van der Waals surface area (Å²) in [5.74, 6) is -0.918.